The van der Waals surface area contributed by atoms with Crippen molar-refractivity contribution in [2.45, 2.75) is 6.11 Å². The molecule has 0 bridgehead atoms. The molecule has 0 saturated heterocycles. The average molecular weight is 541 g/mol. The smallest absolute Gasteiger partial charge is 0.441 e. The summed E-state index contributed by atoms with van der Waals surface area (Å²) < 4.78 is 40.8. The molecule has 0 aromatic heterocycles. The lowest BCUT2D eigenvalue weighted by Crippen LogP contribution is -2.46. The van der Waals surface area contributed by atoms with Gasteiger partial charge in [-0.1, -0.05) is 0 Å². The molecule has 122 valence electrons. The third kappa shape index (κ3) is 5.15. The molecule has 1 aromatic carbocycles. The molecule has 0 spiro atoms. The molecule has 0 heterocycles. The summed E-state index contributed by atoms with van der Waals surface area (Å²) >= 11 is 3.51. The van der Waals surface area contributed by atoms with Crippen LogP contribution < -0.4 is 9.84 Å². The SMILES string of the molecule is COCCOC(=O)c1cc(I)cc(I)c1OC(F)(F)C(=O)[O-]. The zero-order valence-corrected chi connectivity index (χ0v) is 15.3. The van der Waals surface area contributed by atoms with E-state index in [0.717, 1.165) is 0 Å². The maximum absolute atomic E-state index is 13.2. The van der Waals surface area contributed by atoms with Crippen molar-refractivity contribution in [1.29, 1.82) is 0 Å². The quantitative estimate of drug-likeness (QED) is 0.295. The van der Waals surface area contributed by atoms with Crippen LogP contribution in [0.15, 0.2) is 12.1 Å². The van der Waals surface area contributed by atoms with Crippen molar-refractivity contribution >= 4 is 57.1 Å². The molecule has 0 unspecified atom stereocenters. The number of hydrogen-bond acceptors (Lipinski definition) is 6. The summed E-state index contributed by atoms with van der Waals surface area (Å²) in [6, 6.07) is 2.69. The van der Waals surface area contributed by atoms with Gasteiger partial charge in [-0.25, -0.2) is 4.79 Å². The van der Waals surface area contributed by atoms with Crippen molar-refractivity contribution in [3.63, 3.8) is 0 Å². The Bertz CT molecular complexity index is 579. The van der Waals surface area contributed by atoms with Gasteiger partial charge in [0.05, 0.1) is 10.2 Å². The predicted molar refractivity (Wildman–Crippen MR) is 84.6 cm³/mol. The summed E-state index contributed by atoms with van der Waals surface area (Å²) in [5.74, 6) is -4.23. The number of carboxylic acid groups (broad SMARTS) is 1. The molecule has 0 saturated carbocycles. The van der Waals surface area contributed by atoms with E-state index in [1.165, 1.54) is 19.2 Å². The molecule has 0 aliphatic heterocycles. The number of esters is 1. The number of carboxylic acids is 1. The molecule has 10 heteroatoms. The topological polar surface area (TPSA) is 84.9 Å². The first-order valence-electron chi connectivity index (χ1n) is 5.62. The Morgan fingerprint density at radius 3 is 2.45 bits per heavy atom. The lowest BCUT2D eigenvalue weighted by molar-refractivity contribution is -0.350. The second-order valence-corrected chi connectivity index (χ2v) is 6.21. The fraction of sp³-hybridized carbons (Fsp3) is 0.333. The van der Waals surface area contributed by atoms with Crippen molar-refractivity contribution in [3.05, 3.63) is 24.8 Å². The van der Waals surface area contributed by atoms with Crippen molar-refractivity contribution in [3.8, 4) is 5.75 Å². The molecular formula is C12H9F2I2O6-. The highest BCUT2D eigenvalue weighted by atomic mass is 127. The minimum Gasteiger partial charge on any atom is -0.541 e. The molecule has 0 aliphatic carbocycles. The summed E-state index contributed by atoms with van der Waals surface area (Å²) in [6.45, 7) is 0.0336. The second kappa shape index (κ2) is 8.19. The maximum atomic E-state index is 13.2. The van der Waals surface area contributed by atoms with Crippen molar-refractivity contribution in [2.75, 3.05) is 20.3 Å². The standard InChI is InChI=1S/C12H10F2I2O6/c1-20-2-3-21-10(17)7-4-6(15)5-8(16)9(7)22-12(13,14)11(18)19/h4-5H,2-3H2,1H3,(H,18,19)/p-1. The van der Waals surface area contributed by atoms with E-state index in [1.807, 2.05) is 22.6 Å². The molecule has 1 aromatic rings. The van der Waals surface area contributed by atoms with Gasteiger partial charge in [0.1, 0.15) is 12.2 Å². The molecule has 0 atom stereocenters. The van der Waals surface area contributed by atoms with Gasteiger partial charge in [0.15, 0.2) is 11.7 Å². The van der Waals surface area contributed by atoms with Gasteiger partial charge < -0.3 is 24.1 Å². The molecule has 6 nitrogen and oxygen atoms in total. The summed E-state index contributed by atoms with van der Waals surface area (Å²) in [5, 5.41) is 10.4. The van der Waals surface area contributed by atoms with Crippen molar-refractivity contribution in [1.82, 2.24) is 0 Å². The number of ether oxygens (including phenoxy) is 3. The number of aliphatic carboxylic acids is 1. The fourth-order valence-electron chi connectivity index (χ4n) is 1.28. The van der Waals surface area contributed by atoms with Crippen molar-refractivity contribution in [2.24, 2.45) is 0 Å². The van der Waals surface area contributed by atoms with E-state index in [4.69, 9.17) is 9.47 Å². The van der Waals surface area contributed by atoms with Crippen LogP contribution in [0, 0.1) is 7.14 Å². The largest absolute Gasteiger partial charge is 0.541 e. The van der Waals surface area contributed by atoms with E-state index in [0.29, 0.717) is 3.57 Å². The first-order valence-corrected chi connectivity index (χ1v) is 7.78. The van der Waals surface area contributed by atoms with Crippen LogP contribution in [0.1, 0.15) is 10.4 Å². The number of rotatable bonds is 7. The van der Waals surface area contributed by atoms with Gasteiger partial charge in [-0.05, 0) is 57.3 Å². The Labute approximate surface area is 151 Å². The third-order valence-corrected chi connectivity index (χ3v) is 3.64. The van der Waals surface area contributed by atoms with Gasteiger partial charge in [0.2, 0.25) is 0 Å². The Morgan fingerprint density at radius 1 is 1.27 bits per heavy atom. The monoisotopic (exact) mass is 541 g/mol. The number of methoxy groups -OCH3 is 1. The summed E-state index contributed by atoms with van der Waals surface area (Å²) in [6.07, 6.45) is -4.58. The second-order valence-electron chi connectivity index (χ2n) is 3.80. The lowest BCUT2D eigenvalue weighted by atomic mass is 10.2. The van der Waals surface area contributed by atoms with Crippen LogP contribution in [0.4, 0.5) is 8.78 Å². The Morgan fingerprint density at radius 2 is 1.91 bits per heavy atom. The molecule has 0 aliphatic rings. The summed E-state index contributed by atoms with van der Waals surface area (Å²) in [7, 11) is 1.40. The maximum Gasteiger partial charge on any atom is 0.441 e. The van der Waals surface area contributed by atoms with Crippen LogP contribution >= 0.6 is 45.2 Å². The van der Waals surface area contributed by atoms with Gasteiger partial charge in [0, 0.05) is 10.7 Å². The van der Waals surface area contributed by atoms with Gasteiger partial charge in [-0.3, -0.25) is 0 Å². The van der Waals surface area contributed by atoms with Crippen LogP contribution in [-0.4, -0.2) is 38.4 Å². The minimum atomic E-state index is -4.58. The van der Waals surface area contributed by atoms with E-state index < -0.39 is 23.8 Å². The molecule has 0 amide bonds. The number of hydrogen-bond donors (Lipinski definition) is 0. The summed E-state index contributed by atoms with van der Waals surface area (Å²) in [5.41, 5.74) is -0.312. The Balaban J connectivity index is 3.15. The highest BCUT2D eigenvalue weighted by Gasteiger charge is 2.36. The van der Waals surface area contributed by atoms with Crippen LogP contribution in [0.3, 0.4) is 0 Å². The number of carbonyl (C=O) groups is 2. The van der Waals surface area contributed by atoms with E-state index in [-0.39, 0.29) is 22.3 Å². The average Bonchev–Trinajstić information content (AvgIpc) is 2.41. The molecule has 0 fully saturated rings. The predicted octanol–water partition coefficient (Wildman–Crippen LogP) is 1.42. The van der Waals surface area contributed by atoms with E-state index in [9.17, 15) is 23.5 Å². The first-order chi connectivity index (χ1) is 10.2. The fourth-order valence-corrected chi connectivity index (χ4v) is 3.24. The van der Waals surface area contributed by atoms with Gasteiger partial charge in [-0.2, -0.15) is 8.78 Å². The molecule has 0 radical (unpaired) electrons. The Kier molecular flexibility index (Phi) is 7.18. The van der Waals surface area contributed by atoms with E-state index in [1.54, 1.807) is 22.6 Å². The van der Waals surface area contributed by atoms with Crippen LogP contribution in [0.25, 0.3) is 0 Å². The lowest BCUT2D eigenvalue weighted by Gasteiger charge is -2.21. The number of carbonyl (C=O) groups excluding carboxylic acids is 2. The summed E-state index contributed by atoms with van der Waals surface area (Å²) in [4.78, 5) is 22.3. The Hall–Kier alpha value is -0.760. The molecule has 0 N–H and O–H groups in total. The number of benzene rings is 1. The zero-order chi connectivity index (χ0) is 16.9. The highest BCUT2D eigenvalue weighted by Crippen LogP contribution is 2.32. The van der Waals surface area contributed by atoms with E-state index in [2.05, 4.69) is 4.74 Å². The van der Waals surface area contributed by atoms with Gasteiger partial charge in [-0.15, -0.1) is 0 Å². The van der Waals surface area contributed by atoms with Crippen LogP contribution in [0.5, 0.6) is 5.75 Å². The minimum absolute atomic E-state index is 0.0896. The molecule has 22 heavy (non-hydrogen) atoms. The van der Waals surface area contributed by atoms with Crippen LogP contribution in [0.2, 0.25) is 0 Å². The van der Waals surface area contributed by atoms with Crippen LogP contribution in [-0.2, 0) is 14.3 Å². The highest BCUT2D eigenvalue weighted by molar-refractivity contribution is 14.1. The number of alkyl halides is 2. The van der Waals surface area contributed by atoms with Gasteiger partial charge in [0.25, 0.3) is 0 Å². The van der Waals surface area contributed by atoms with Crippen molar-refractivity contribution < 1.29 is 37.7 Å². The first kappa shape index (κ1) is 19.3. The third-order valence-electron chi connectivity index (χ3n) is 2.22. The van der Waals surface area contributed by atoms with Gasteiger partial charge >= 0.3 is 12.1 Å². The zero-order valence-electron chi connectivity index (χ0n) is 11.0. The van der Waals surface area contributed by atoms with E-state index >= 15 is 0 Å². The molecule has 1 rings (SSSR count). The normalized spacial score (nSPS) is 11.1. The molecular weight excluding hydrogens is 532 g/mol. The number of halogens is 4.